The largest absolute Gasteiger partial charge is 0.462 e. The smallest absolute Gasteiger partial charge is 0.343 e. The second-order valence-electron chi connectivity index (χ2n) is 5.42. The molecule has 0 amide bonds. The summed E-state index contributed by atoms with van der Waals surface area (Å²) in [7, 11) is 0. The number of carbonyl (C=O) groups is 1. The first-order valence-electron chi connectivity index (χ1n) is 7.36. The predicted octanol–water partition coefficient (Wildman–Crippen LogP) is 3.43. The highest BCUT2D eigenvalue weighted by Crippen LogP contribution is 2.38. The van der Waals surface area contributed by atoms with Crippen molar-refractivity contribution in [2.45, 2.75) is 25.8 Å². The molecule has 1 aliphatic rings. The van der Waals surface area contributed by atoms with Gasteiger partial charge in [-0.05, 0) is 25.8 Å². The topological polar surface area (TPSA) is 48.3 Å². The fourth-order valence-electron chi connectivity index (χ4n) is 2.64. The van der Waals surface area contributed by atoms with Crippen molar-refractivity contribution in [1.29, 1.82) is 0 Å². The molecule has 0 atom stereocenters. The van der Waals surface area contributed by atoms with E-state index in [2.05, 4.69) is 6.58 Å². The lowest BCUT2D eigenvalue weighted by atomic mass is 10.1. The van der Waals surface area contributed by atoms with Gasteiger partial charge in [0.05, 0.1) is 17.5 Å². The maximum absolute atomic E-state index is 14.7. The third kappa shape index (κ3) is 2.44. The molecule has 1 aromatic heterocycles. The Balaban J connectivity index is 2.40. The number of benzene rings is 1. The second-order valence-corrected chi connectivity index (χ2v) is 5.42. The summed E-state index contributed by atoms with van der Waals surface area (Å²) in [5.41, 5.74) is -1.22. The van der Waals surface area contributed by atoms with E-state index in [0.29, 0.717) is 0 Å². The van der Waals surface area contributed by atoms with Gasteiger partial charge < -0.3 is 9.30 Å². The molecule has 0 radical (unpaired) electrons. The molecule has 1 aromatic carbocycles. The average molecular weight is 319 g/mol. The molecule has 0 saturated heterocycles. The number of pyridine rings is 1. The molecule has 3 rings (SSSR count). The minimum atomic E-state index is -0.884. The van der Waals surface area contributed by atoms with E-state index in [1.807, 2.05) is 0 Å². The fraction of sp³-hybridized carbons (Fsp3) is 0.294. The Bertz CT molecular complexity index is 882. The van der Waals surface area contributed by atoms with E-state index in [0.717, 1.165) is 25.0 Å². The van der Waals surface area contributed by atoms with Gasteiger partial charge in [0.1, 0.15) is 11.4 Å². The van der Waals surface area contributed by atoms with E-state index in [4.69, 9.17) is 4.74 Å². The van der Waals surface area contributed by atoms with Crippen LogP contribution in [0.2, 0.25) is 0 Å². The Morgan fingerprint density at radius 2 is 2.17 bits per heavy atom. The van der Waals surface area contributed by atoms with Gasteiger partial charge in [0.25, 0.3) is 0 Å². The third-order valence-corrected chi connectivity index (χ3v) is 3.88. The molecule has 0 unspecified atom stereocenters. The summed E-state index contributed by atoms with van der Waals surface area (Å²) < 4.78 is 35.1. The number of ether oxygens (including phenoxy) is 1. The monoisotopic (exact) mass is 319 g/mol. The zero-order valence-corrected chi connectivity index (χ0v) is 12.6. The first-order chi connectivity index (χ1) is 11.0. The van der Waals surface area contributed by atoms with Crippen LogP contribution in [-0.2, 0) is 4.74 Å². The molecule has 0 N–H and O–H groups in total. The molecule has 1 saturated carbocycles. The normalized spacial score (nSPS) is 14.0. The number of carbonyl (C=O) groups excluding carboxylic acids is 1. The van der Waals surface area contributed by atoms with Crippen molar-refractivity contribution < 1.29 is 18.3 Å². The highest BCUT2D eigenvalue weighted by Gasteiger charge is 2.29. The van der Waals surface area contributed by atoms with Crippen molar-refractivity contribution in [3.63, 3.8) is 0 Å². The van der Waals surface area contributed by atoms with Crippen molar-refractivity contribution in [2.24, 2.45) is 0 Å². The SMILES string of the molecule is C=Cc1c(F)cc2c(=O)c(C(=O)OCC)cn(C3CC3)c2c1F. The Labute approximate surface area is 131 Å². The minimum Gasteiger partial charge on any atom is -0.462 e. The molecule has 4 nitrogen and oxygen atoms in total. The van der Waals surface area contributed by atoms with Crippen LogP contribution in [0.5, 0.6) is 0 Å². The molecule has 6 heteroatoms. The maximum atomic E-state index is 14.7. The average Bonchev–Trinajstić information content (AvgIpc) is 3.33. The molecule has 0 bridgehead atoms. The molecule has 1 aliphatic carbocycles. The Morgan fingerprint density at radius 1 is 1.48 bits per heavy atom. The predicted molar refractivity (Wildman–Crippen MR) is 82.4 cm³/mol. The van der Waals surface area contributed by atoms with Crippen LogP contribution in [0.3, 0.4) is 0 Å². The van der Waals surface area contributed by atoms with Crippen LogP contribution in [0.4, 0.5) is 8.78 Å². The number of rotatable bonds is 4. The third-order valence-electron chi connectivity index (χ3n) is 3.88. The van der Waals surface area contributed by atoms with E-state index in [9.17, 15) is 18.4 Å². The van der Waals surface area contributed by atoms with E-state index in [1.165, 1.54) is 10.8 Å². The molecule has 2 aromatic rings. The van der Waals surface area contributed by atoms with Crippen LogP contribution in [-0.4, -0.2) is 17.1 Å². The van der Waals surface area contributed by atoms with Gasteiger partial charge in [-0.3, -0.25) is 4.79 Å². The van der Waals surface area contributed by atoms with Crippen LogP contribution < -0.4 is 5.43 Å². The first-order valence-corrected chi connectivity index (χ1v) is 7.36. The lowest BCUT2D eigenvalue weighted by molar-refractivity contribution is 0.0524. The highest BCUT2D eigenvalue weighted by molar-refractivity contribution is 5.94. The number of hydrogen-bond donors (Lipinski definition) is 0. The Hall–Kier alpha value is -2.50. The Morgan fingerprint density at radius 3 is 2.74 bits per heavy atom. The molecular weight excluding hydrogens is 304 g/mol. The van der Waals surface area contributed by atoms with Gasteiger partial charge in [-0.1, -0.05) is 12.7 Å². The molecule has 0 aliphatic heterocycles. The van der Waals surface area contributed by atoms with Crippen molar-refractivity contribution in [3.05, 3.63) is 51.8 Å². The molecule has 1 heterocycles. The summed E-state index contributed by atoms with van der Waals surface area (Å²) in [5, 5.41) is -0.164. The quantitative estimate of drug-likeness (QED) is 0.811. The lowest BCUT2D eigenvalue weighted by Gasteiger charge is -2.14. The number of esters is 1. The van der Waals surface area contributed by atoms with Crippen molar-refractivity contribution in [2.75, 3.05) is 6.61 Å². The van der Waals surface area contributed by atoms with Crippen LogP contribution >= 0.6 is 0 Å². The van der Waals surface area contributed by atoms with Crippen LogP contribution in [0.1, 0.15) is 41.7 Å². The van der Waals surface area contributed by atoms with Gasteiger partial charge in [0.15, 0.2) is 5.82 Å². The van der Waals surface area contributed by atoms with Gasteiger partial charge in [0, 0.05) is 17.8 Å². The number of nitrogens with zero attached hydrogens (tertiary/aromatic N) is 1. The van der Waals surface area contributed by atoms with Gasteiger partial charge in [0.2, 0.25) is 5.43 Å². The molecule has 1 fully saturated rings. The van der Waals surface area contributed by atoms with Crippen molar-refractivity contribution in [3.8, 4) is 0 Å². The summed E-state index contributed by atoms with van der Waals surface area (Å²) in [5.74, 6) is -2.51. The van der Waals surface area contributed by atoms with Gasteiger partial charge in [-0.2, -0.15) is 0 Å². The van der Waals surface area contributed by atoms with Gasteiger partial charge in [-0.15, -0.1) is 0 Å². The zero-order valence-electron chi connectivity index (χ0n) is 12.6. The molecule has 0 spiro atoms. The molecule has 23 heavy (non-hydrogen) atoms. The fourth-order valence-corrected chi connectivity index (χ4v) is 2.64. The molecule has 120 valence electrons. The second kappa shape index (κ2) is 5.61. The van der Waals surface area contributed by atoms with E-state index >= 15 is 0 Å². The van der Waals surface area contributed by atoms with Crippen LogP contribution in [0.25, 0.3) is 17.0 Å². The summed E-state index contributed by atoms with van der Waals surface area (Å²) in [4.78, 5) is 24.4. The van der Waals surface area contributed by atoms with E-state index in [-0.39, 0.29) is 34.7 Å². The number of aromatic nitrogens is 1. The van der Waals surface area contributed by atoms with Crippen LogP contribution in [0, 0.1) is 11.6 Å². The standard InChI is InChI=1S/C17H15F2NO3/c1-3-10-13(18)7-11-15(14(10)19)20(9-5-6-9)8-12(16(11)21)17(22)23-4-2/h3,7-9H,1,4-6H2,2H3. The summed E-state index contributed by atoms with van der Waals surface area (Å²) in [6.07, 6.45) is 4.00. The van der Waals surface area contributed by atoms with Crippen molar-refractivity contribution >= 4 is 22.9 Å². The summed E-state index contributed by atoms with van der Waals surface area (Å²) in [6, 6.07) is 0.947. The minimum absolute atomic E-state index is 0.00171. The maximum Gasteiger partial charge on any atom is 0.343 e. The van der Waals surface area contributed by atoms with E-state index < -0.39 is 23.0 Å². The highest BCUT2D eigenvalue weighted by atomic mass is 19.1. The number of fused-ring (bicyclic) bond motifs is 1. The molecular formula is C17H15F2NO3. The Kier molecular flexibility index (Phi) is 3.75. The summed E-state index contributed by atoms with van der Waals surface area (Å²) >= 11 is 0. The van der Waals surface area contributed by atoms with Gasteiger partial charge in [-0.25, -0.2) is 13.6 Å². The number of halogens is 2. The number of hydrogen-bond acceptors (Lipinski definition) is 3. The zero-order chi connectivity index (χ0) is 16.7. The lowest BCUT2D eigenvalue weighted by Crippen LogP contribution is -2.21. The van der Waals surface area contributed by atoms with Crippen molar-refractivity contribution in [1.82, 2.24) is 4.57 Å². The summed E-state index contributed by atoms with van der Waals surface area (Å²) in [6.45, 7) is 5.13. The van der Waals surface area contributed by atoms with Gasteiger partial charge >= 0.3 is 5.97 Å². The first kappa shape index (κ1) is 15.4. The van der Waals surface area contributed by atoms with Crippen LogP contribution in [0.15, 0.2) is 23.6 Å². The van der Waals surface area contributed by atoms with E-state index in [1.54, 1.807) is 6.92 Å².